The van der Waals surface area contributed by atoms with Gasteiger partial charge in [-0.2, -0.15) is 0 Å². The number of aromatic amines is 1. The molecule has 0 aliphatic rings. The number of carbonyl (C=O) groups is 1. The van der Waals surface area contributed by atoms with Crippen LogP contribution < -0.4 is 15.0 Å². The van der Waals surface area contributed by atoms with Gasteiger partial charge in [0.25, 0.3) is 5.91 Å². The number of ether oxygens (including phenoxy) is 1. The molecule has 0 spiro atoms. The van der Waals surface area contributed by atoms with Gasteiger partial charge in [-0.05, 0) is 48.4 Å². The van der Waals surface area contributed by atoms with Crippen molar-refractivity contribution in [2.24, 2.45) is 0 Å². The molecule has 1 amide bonds. The maximum Gasteiger partial charge on any atom is 0.273 e. The summed E-state index contributed by atoms with van der Waals surface area (Å²) in [5.41, 5.74) is 6.16. The van der Waals surface area contributed by atoms with Gasteiger partial charge in [0.05, 0.1) is 18.5 Å². The van der Waals surface area contributed by atoms with Crippen molar-refractivity contribution in [1.82, 2.24) is 25.3 Å². The number of nitrogens with zero attached hydrogens (tertiary/aromatic N) is 4. The minimum atomic E-state index is -0.263. The quantitative estimate of drug-likeness (QED) is 0.327. The number of anilines is 1. The zero-order chi connectivity index (χ0) is 25.9. The van der Waals surface area contributed by atoms with Crippen molar-refractivity contribution < 1.29 is 9.53 Å². The molecule has 0 bridgehead atoms. The van der Waals surface area contributed by atoms with Crippen LogP contribution in [0.15, 0.2) is 79.0 Å². The van der Waals surface area contributed by atoms with E-state index in [2.05, 4.69) is 61.9 Å². The predicted octanol–water partition coefficient (Wildman–Crippen LogP) is 4.69. The highest BCUT2D eigenvalue weighted by molar-refractivity contribution is 5.93. The summed E-state index contributed by atoms with van der Waals surface area (Å²) < 4.78 is 6.97. The molecule has 8 heteroatoms. The third-order valence-corrected chi connectivity index (χ3v) is 6.68. The molecule has 0 aliphatic heterocycles. The first-order valence-corrected chi connectivity index (χ1v) is 12.1. The minimum absolute atomic E-state index is 0.0509. The van der Waals surface area contributed by atoms with Gasteiger partial charge in [-0.15, -0.1) is 5.10 Å². The van der Waals surface area contributed by atoms with Crippen molar-refractivity contribution in [3.8, 4) is 11.4 Å². The summed E-state index contributed by atoms with van der Waals surface area (Å²) in [6.07, 6.45) is 2.03. The highest BCUT2D eigenvalue weighted by Crippen LogP contribution is 2.31. The maximum atomic E-state index is 13.3. The number of hydrogen-bond acceptors (Lipinski definition) is 5. The summed E-state index contributed by atoms with van der Waals surface area (Å²) in [6.45, 7) is 2.25. The largest absolute Gasteiger partial charge is 0.497 e. The van der Waals surface area contributed by atoms with E-state index in [0.29, 0.717) is 23.7 Å². The van der Waals surface area contributed by atoms with Gasteiger partial charge in [0.15, 0.2) is 5.69 Å². The van der Waals surface area contributed by atoms with Gasteiger partial charge < -0.3 is 19.9 Å². The summed E-state index contributed by atoms with van der Waals surface area (Å²) in [5.74, 6) is 0.395. The fourth-order valence-corrected chi connectivity index (χ4v) is 4.60. The molecule has 8 nitrogen and oxygen atoms in total. The Bertz CT molecular complexity index is 1530. The Morgan fingerprint density at radius 2 is 1.86 bits per heavy atom. The molecule has 2 heterocycles. The van der Waals surface area contributed by atoms with Crippen molar-refractivity contribution in [1.29, 1.82) is 0 Å². The van der Waals surface area contributed by atoms with Crippen LogP contribution in [0.25, 0.3) is 16.6 Å². The van der Waals surface area contributed by atoms with Crippen molar-refractivity contribution in [2.75, 3.05) is 32.6 Å². The molecule has 0 saturated carbocycles. The van der Waals surface area contributed by atoms with Gasteiger partial charge in [0.2, 0.25) is 0 Å². The number of nitrogens with one attached hydrogen (secondary N) is 2. The third-order valence-electron chi connectivity index (χ3n) is 6.68. The summed E-state index contributed by atoms with van der Waals surface area (Å²) in [4.78, 5) is 18.7. The lowest BCUT2D eigenvalue weighted by Gasteiger charge is -2.20. The topological polar surface area (TPSA) is 88.1 Å². The number of fused-ring (bicyclic) bond motifs is 1. The Balaban J connectivity index is 1.42. The van der Waals surface area contributed by atoms with Crippen LogP contribution in [0.2, 0.25) is 0 Å². The van der Waals surface area contributed by atoms with E-state index in [9.17, 15) is 4.79 Å². The molecule has 2 aromatic heterocycles. The van der Waals surface area contributed by atoms with E-state index in [0.717, 1.165) is 33.4 Å². The molecule has 5 aromatic rings. The number of rotatable bonds is 8. The molecule has 3 aromatic carbocycles. The van der Waals surface area contributed by atoms with Gasteiger partial charge in [0, 0.05) is 55.4 Å². The highest BCUT2D eigenvalue weighted by Gasteiger charge is 2.22. The van der Waals surface area contributed by atoms with Crippen molar-refractivity contribution in [2.45, 2.75) is 12.8 Å². The molecule has 0 saturated heterocycles. The molecule has 188 valence electrons. The Hall–Kier alpha value is -4.59. The van der Waals surface area contributed by atoms with E-state index in [-0.39, 0.29) is 11.8 Å². The Morgan fingerprint density at radius 3 is 2.62 bits per heavy atom. The van der Waals surface area contributed by atoms with E-state index in [1.807, 2.05) is 63.6 Å². The molecule has 0 radical (unpaired) electrons. The van der Waals surface area contributed by atoms with Gasteiger partial charge in [-0.25, -0.2) is 4.68 Å². The second kappa shape index (κ2) is 10.2. The number of carbonyl (C=O) groups excluding carboxylic acids is 1. The lowest BCUT2D eigenvalue weighted by Crippen LogP contribution is -2.29. The zero-order valence-corrected chi connectivity index (χ0v) is 21.4. The first kappa shape index (κ1) is 24.1. The zero-order valence-electron chi connectivity index (χ0n) is 21.4. The third kappa shape index (κ3) is 4.78. The van der Waals surface area contributed by atoms with Gasteiger partial charge in [0.1, 0.15) is 5.75 Å². The summed E-state index contributed by atoms with van der Waals surface area (Å²) in [6, 6.07) is 24.1. The fraction of sp³-hybridized carbons (Fsp3) is 0.207. The SMILES string of the molecule is COc1cccc(-n2nnc(C(=O)NCC(c3ccc(N(C)C)cc3)c3c[nH]c4ccccc34)c2C)c1. The van der Waals surface area contributed by atoms with E-state index in [1.165, 1.54) is 0 Å². The maximum absolute atomic E-state index is 13.3. The average molecular weight is 495 g/mol. The molecule has 1 unspecified atom stereocenters. The van der Waals surface area contributed by atoms with Crippen LogP contribution in [0.3, 0.4) is 0 Å². The van der Waals surface area contributed by atoms with E-state index < -0.39 is 0 Å². The van der Waals surface area contributed by atoms with Gasteiger partial charge in [-0.3, -0.25) is 4.79 Å². The second-order valence-electron chi connectivity index (χ2n) is 9.17. The number of para-hydroxylation sites is 1. The molecule has 5 rings (SSSR count). The van der Waals surface area contributed by atoms with Crippen LogP contribution in [0.5, 0.6) is 5.75 Å². The molecular formula is C29H30N6O2. The normalized spacial score (nSPS) is 11.9. The molecule has 2 N–H and O–H groups in total. The van der Waals surface area contributed by atoms with Crippen molar-refractivity contribution >= 4 is 22.5 Å². The number of hydrogen-bond donors (Lipinski definition) is 2. The summed E-state index contributed by atoms with van der Waals surface area (Å²) in [7, 11) is 5.66. The average Bonchev–Trinajstić information content (AvgIpc) is 3.53. The Kier molecular flexibility index (Phi) is 6.64. The highest BCUT2D eigenvalue weighted by atomic mass is 16.5. The molecular weight excluding hydrogens is 464 g/mol. The van der Waals surface area contributed by atoms with Gasteiger partial charge in [-0.1, -0.05) is 41.6 Å². The first-order chi connectivity index (χ1) is 18.0. The Labute approximate surface area is 215 Å². The predicted molar refractivity (Wildman–Crippen MR) is 146 cm³/mol. The number of methoxy groups -OCH3 is 1. The van der Waals surface area contributed by atoms with Crippen LogP contribution in [0.1, 0.15) is 33.2 Å². The number of aromatic nitrogens is 4. The Morgan fingerprint density at radius 1 is 1.08 bits per heavy atom. The molecule has 0 aliphatic carbocycles. The monoisotopic (exact) mass is 494 g/mol. The summed E-state index contributed by atoms with van der Waals surface area (Å²) >= 11 is 0. The van der Waals surface area contributed by atoms with Crippen LogP contribution in [0, 0.1) is 6.92 Å². The van der Waals surface area contributed by atoms with E-state index >= 15 is 0 Å². The molecule has 1 atom stereocenters. The van der Waals surface area contributed by atoms with Crippen LogP contribution >= 0.6 is 0 Å². The summed E-state index contributed by atoms with van der Waals surface area (Å²) in [5, 5.41) is 12.7. The first-order valence-electron chi connectivity index (χ1n) is 12.1. The van der Waals surface area contributed by atoms with E-state index in [4.69, 9.17) is 4.74 Å². The minimum Gasteiger partial charge on any atom is -0.497 e. The van der Waals surface area contributed by atoms with Crippen LogP contribution in [-0.2, 0) is 0 Å². The molecule has 37 heavy (non-hydrogen) atoms. The van der Waals surface area contributed by atoms with Crippen molar-refractivity contribution in [3.05, 3.63) is 102 Å². The fourth-order valence-electron chi connectivity index (χ4n) is 4.60. The van der Waals surface area contributed by atoms with Crippen molar-refractivity contribution in [3.63, 3.8) is 0 Å². The van der Waals surface area contributed by atoms with Crippen LogP contribution in [0.4, 0.5) is 5.69 Å². The van der Waals surface area contributed by atoms with Crippen LogP contribution in [-0.4, -0.2) is 53.6 Å². The number of benzene rings is 3. The molecule has 0 fully saturated rings. The number of H-pyrrole nitrogens is 1. The smallest absolute Gasteiger partial charge is 0.273 e. The standard InChI is InChI=1S/C29H30N6O2/c1-19-28(32-33-35(19)22-8-7-9-23(16-22)37-4)29(36)31-17-25(20-12-14-21(15-13-20)34(2)3)26-18-30-27-11-6-5-10-24(26)27/h5-16,18,25,30H,17H2,1-4H3,(H,31,36). The van der Waals surface area contributed by atoms with Gasteiger partial charge >= 0.3 is 0 Å². The number of amides is 1. The second-order valence-corrected chi connectivity index (χ2v) is 9.17. The lowest BCUT2D eigenvalue weighted by molar-refractivity contribution is 0.0946. The van der Waals surface area contributed by atoms with E-state index in [1.54, 1.807) is 11.8 Å². The lowest BCUT2D eigenvalue weighted by atomic mass is 9.90.